The Balaban J connectivity index is 1.26. The van der Waals surface area contributed by atoms with Crippen molar-refractivity contribution in [2.75, 3.05) is 45.8 Å². The van der Waals surface area contributed by atoms with E-state index in [-0.39, 0.29) is 23.1 Å². The Hall–Kier alpha value is -2.75. The lowest BCUT2D eigenvalue weighted by Gasteiger charge is -2.43. The second-order valence-electron chi connectivity index (χ2n) is 10.4. The molecule has 5 rings (SSSR count). The molecule has 0 N–H and O–H groups in total. The van der Waals surface area contributed by atoms with Crippen molar-refractivity contribution >= 4 is 11.8 Å². The number of amides is 2. The van der Waals surface area contributed by atoms with Crippen LogP contribution in [-0.2, 0) is 11.8 Å². The minimum absolute atomic E-state index is 0.0118. The minimum Gasteiger partial charge on any atom is -0.425 e. The maximum absolute atomic E-state index is 13.3. The third kappa shape index (κ3) is 4.35. The summed E-state index contributed by atoms with van der Waals surface area (Å²) in [6.07, 6.45) is 7.47. The van der Waals surface area contributed by atoms with Crippen LogP contribution in [0.3, 0.4) is 0 Å². The van der Waals surface area contributed by atoms with Crippen LogP contribution in [0.4, 0.5) is 0 Å². The van der Waals surface area contributed by atoms with E-state index in [1.165, 1.54) is 0 Å². The summed E-state index contributed by atoms with van der Waals surface area (Å²) in [5.74, 6) is 2.11. The molecule has 34 heavy (non-hydrogen) atoms. The Morgan fingerprint density at radius 1 is 1.12 bits per heavy atom. The van der Waals surface area contributed by atoms with Crippen LogP contribution in [0.15, 0.2) is 16.9 Å². The van der Waals surface area contributed by atoms with Gasteiger partial charge in [-0.1, -0.05) is 0 Å². The number of nitrogens with zero attached hydrogens (tertiary/aromatic N) is 7. The Morgan fingerprint density at radius 3 is 2.44 bits per heavy atom. The number of carbonyl (C=O) groups excluding carboxylic acids is 2. The van der Waals surface area contributed by atoms with Gasteiger partial charge in [0.25, 0.3) is 5.91 Å². The lowest BCUT2D eigenvalue weighted by molar-refractivity contribution is -0.130. The Kier molecular flexibility index (Phi) is 6.18. The maximum Gasteiger partial charge on any atom is 0.272 e. The fourth-order valence-corrected chi connectivity index (χ4v) is 6.12. The molecule has 2 amide bonds. The first-order valence-electron chi connectivity index (χ1n) is 12.4. The number of hydrogen-bond acceptors (Lipinski definition) is 7. The maximum atomic E-state index is 13.3. The van der Waals surface area contributed by atoms with Crippen LogP contribution >= 0.6 is 0 Å². The molecule has 0 saturated carbocycles. The predicted molar refractivity (Wildman–Crippen MR) is 124 cm³/mol. The second kappa shape index (κ2) is 9.13. The molecule has 0 aromatic carbocycles. The molecular weight excluding hydrogens is 434 g/mol. The van der Waals surface area contributed by atoms with Gasteiger partial charge in [-0.05, 0) is 44.7 Å². The van der Waals surface area contributed by atoms with Crippen LogP contribution in [0.25, 0.3) is 0 Å². The molecule has 10 heteroatoms. The van der Waals surface area contributed by atoms with Crippen molar-refractivity contribution in [1.29, 1.82) is 0 Å². The molecule has 184 valence electrons. The van der Waals surface area contributed by atoms with Crippen LogP contribution in [0.1, 0.15) is 60.8 Å². The minimum atomic E-state index is -0.0538. The van der Waals surface area contributed by atoms with Gasteiger partial charge in [-0.15, -0.1) is 10.2 Å². The van der Waals surface area contributed by atoms with Crippen molar-refractivity contribution in [3.8, 4) is 0 Å². The first-order valence-corrected chi connectivity index (χ1v) is 12.4. The largest absolute Gasteiger partial charge is 0.425 e. The zero-order chi connectivity index (χ0) is 23.9. The quantitative estimate of drug-likeness (QED) is 0.672. The number of hydrogen-bond donors (Lipinski definition) is 0. The Labute approximate surface area is 200 Å². The standard InChI is InChI=1S/C24H35N7O3/c1-17-26-27-22(34-17)20-14-31(23(33)21-12-25-16-28(21)3)15-24(20)6-10-29(11-7-24)13-19-4-8-30(9-5-19)18(2)32/h12,16,19-20H,4-11,13-15H2,1-3H3. The molecule has 3 saturated heterocycles. The number of rotatable bonds is 4. The molecule has 0 bridgehead atoms. The summed E-state index contributed by atoms with van der Waals surface area (Å²) in [5.41, 5.74) is 0.550. The number of piperidine rings is 2. The highest BCUT2D eigenvalue weighted by molar-refractivity contribution is 5.92. The second-order valence-corrected chi connectivity index (χ2v) is 10.4. The highest BCUT2D eigenvalue weighted by atomic mass is 16.4. The fraction of sp³-hybridized carbons (Fsp3) is 0.708. The molecule has 5 heterocycles. The van der Waals surface area contributed by atoms with Crippen molar-refractivity contribution in [1.82, 2.24) is 34.4 Å². The van der Waals surface area contributed by atoms with Gasteiger partial charge in [-0.2, -0.15) is 0 Å². The van der Waals surface area contributed by atoms with Crippen molar-refractivity contribution in [3.63, 3.8) is 0 Å². The van der Waals surface area contributed by atoms with Crippen molar-refractivity contribution in [3.05, 3.63) is 30.0 Å². The van der Waals surface area contributed by atoms with Gasteiger partial charge >= 0.3 is 0 Å². The van der Waals surface area contributed by atoms with Gasteiger partial charge in [0, 0.05) is 59.0 Å². The zero-order valence-electron chi connectivity index (χ0n) is 20.4. The SMILES string of the molecule is CC(=O)N1CCC(CN2CCC3(CC2)CN(C(=O)c2cncn2C)CC3c2nnc(C)o2)CC1. The lowest BCUT2D eigenvalue weighted by atomic mass is 9.70. The lowest BCUT2D eigenvalue weighted by Crippen LogP contribution is -2.47. The van der Waals surface area contributed by atoms with Crippen molar-refractivity contribution in [2.45, 2.75) is 45.4 Å². The molecule has 10 nitrogen and oxygen atoms in total. The average Bonchev–Trinajstić information content (AvgIpc) is 3.54. The molecule has 3 fully saturated rings. The monoisotopic (exact) mass is 469 g/mol. The number of aryl methyl sites for hydroxylation is 2. The van der Waals surface area contributed by atoms with Gasteiger partial charge in [-0.25, -0.2) is 4.98 Å². The predicted octanol–water partition coefficient (Wildman–Crippen LogP) is 1.69. The topological polar surface area (TPSA) is 101 Å². The highest BCUT2D eigenvalue weighted by Gasteiger charge is 2.52. The molecule has 2 aromatic heterocycles. The zero-order valence-corrected chi connectivity index (χ0v) is 20.4. The number of likely N-dealkylation sites (tertiary alicyclic amines) is 3. The van der Waals surface area contributed by atoms with Crippen LogP contribution in [-0.4, -0.2) is 92.1 Å². The molecule has 1 unspecified atom stereocenters. The summed E-state index contributed by atoms with van der Waals surface area (Å²) in [4.78, 5) is 35.5. The summed E-state index contributed by atoms with van der Waals surface area (Å²) >= 11 is 0. The summed E-state index contributed by atoms with van der Waals surface area (Å²) in [5, 5.41) is 8.45. The molecule has 3 aliphatic heterocycles. The van der Waals surface area contributed by atoms with E-state index in [1.54, 1.807) is 24.0 Å². The molecule has 2 aromatic rings. The van der Waals surface area contributed by atoms with E-state index < -0.39 is 0 Å². The van der Waals surface area contributed by atoms with E-state index in [4.69, 9.17) is 4.42 Å². The van der Waals surface area contributed by atoms with E-state index in [0.29, 0.717) is 36.5 Å². The Morgan fingerprint density at radius 2 is 1.85 bits per heavy atom. The summed E-state index contributed by atoms with van der Waals surface area (Å²) < 4.78 is 7.67. The fourth-order valence-electron chi connectivity index (χ4n) is 6.12. The van der Waals surface area contributed by atoms with Gasteiger partial charge < -0.3 is 23.7 Å². The average molecular weight is 470 g/mol. The molecule has 3 aliphatic rings. The number of imidazole rings is 1. The Bertz CT molecular complexity index is 1030. The third-order valence-electron chi connectivity index (χ3n) is 8.24. The van der Waals surface area contributed by atoms with E-state index in [1.807, 2.05) is 23.8 Å². The number of carbonyl (C=O) groups is 2. The molecule has 1 spiro atoms. The van der Waals surface area contributed by atoms with Gasteiger partial charge in [0.05, 0.1) is 18.4 Å². The molecule has 0 aliphatic carbocycles. The number of aromatic nitrogens is 4. The summed E-state index contributed by atoms with van der Waals surface area (Å²) in [7, 11) is 1.85. The molecule has 1 atom stereocenters. The van der Waals surface area contributed by atoms with Gasteiger partial charge in [-0.3, -0.25) is 9.59 Å². The smallest absolute Gasteiger partial charge is 0.272 e. The van der Waals surface area contributed by atoms with Crippen LogP contribution in [0.2, 0.25) is 0 Å². The van der Waals surface area contributed by atoms with Crippen molar-refractivity contribution < 1.29 is 14.0 Å². The van der Waals surface area contributed by atoms with E-state index >= 15 is 0 Å². The van der Waals surface area contributed by atoms with E-state index in [2.05, 4.69) is 20.1 Å². The molecule has 0 radical (unpaired) electrons. The summed E-state index contributed by atoms with van der Waals surface area (Å²) in [6.45, 7) is 9.62. The van der Waals surface area contributed by atoms with Gasteiger partial charge in [0.2, 0.25) is 17.7 Å². The van der Waals surface area contributed by atoms with Crippen molar-refractivity contribution in [2.24, 2.45) is 18.4 Å². The normalized spacial score (nSPS) is 23.7. The van der Waals surface area contributed by atoms with Crippen LogP contribution in [0, 0.1) is 18.3 Å². The first-order chi connectivity index (χ1) is 16.3. The van der Waals surface area contributed by atoms with Crippen LogP contribution < -0.4 is 0 Å². The summed E-state index contributed by atoms with van der Waals surface area (Å²) in [6, 6.07) is 0. The first kappa shape index (κ1) is 23.0. The van der Waals surface area contributed by atoms with E-state index in [9.17, 15) is 9.59 Å². The molecular formula is C24H35N7O3. The van der Waals surface area contributed by atoms with E-state index in [0.717, 1.165) is 58.4 Å². The van der Waals surface area contributed by atoms with Gasteiger partial charge in [0.1, 0.15) is 5.69 Å². The third-order valence-corrected chi connectivity index (χ3v) is 8.24. The highest BCUT2D eigenvalue weighted by Crippen LogP contribution is 2.50. The van der Waals surface area contributed by atoms with Crippen LogP contribution in [0.5, 0.6) is 0 Å². The van der Waals surface area contributed by atoms with Gasteiger partial charge in [0.15, 0.2) is 0 Å².